The number of aromatic nitrogens is 5. The van der Waals surface area contributed by atoms with Crippen LogP contribution in [0.5, 0.6) is 0 Å². The SMILES string of the molecule is Cc1ccc(-c2nc(N)nc3c(Nc4cccc(CN5CC6(COC6)C5)n4)cnn23)o1. The van der Waals surface area contributed by atoms with Crippen molar-refractivity contribution in [2.45, 2.75) is 13.5 Å². The van der Waals surface area contributed by atoms with Crippen LogP contribution in [0.2, 0.25) is 0 Å². The molecule has 0 saturated carbocycles. The van der Waals surface area contributed by atoms with E-state index in [1.807, 2.05) is 37.3 Å². The molecule has 0 bridgehead atoms. The van der Waals surface area contributed by atoms with Crippen LogP contribution in [-0.4, -0.2) is 55.8 Å². The van der Waals surface area contributed by atoms with Crippen molar-refractivity contribution in [3.63, 3.8) is 0 Å². The van der Waals surface area contributed by atoms with Crippen molar-refractivity contribution in [2.75, 3.05) is 37.4 Å². The van der Waals surface area contributed by atoms with Gasteiger partial charge in [-0.15, -0.1) is 0 Å². The molecule has 10 nitrogen and oxygen atoms in total. The number of aryl methyl sites for hydroxylation is 1. The fourth-order valence-electron chi connectivity index (χ4n) is 4.29. The number of fused-ring (bicyclic) bond motifs is 1. The summed E-state index contributed by atoms with van der Waals surface area (Å²) in [7, 11) is 0. The molecule has 0 amide bonds. The Morgan fingerprint density at radius 3 is 2.74 bits per heavy atom. The molecule has 2 aliphatic rings. The molecule has 0 radical (unpaired) electrons. The van der Waals surface area contributed by atoms with Gasteiger partial charge in [-0.3, -0.25) is 4.90 Å². The fraction of sp³-hybridized carbons (Fsp3) is 0.333. The summed E-state index contributed by atoms with van der Waals surface area (Å²) in [5, 5.41) is 7.75. The summed E-state index contributed by atoms with van der Waals surface area (Å²) in [5.74, 6) is 2.73. The third kappa shape index (κ3) is 3.20. The van der Waals surface area contributed by atoms with E-state index in [2.05, 4.69) is 25.3 Å². The zero-order valence-corrected chi connectivity index (χ0v) is 17.1. The summed E-state index contributed by atoms with van der Waals surface area (Å²) in [6.45, 7) is 6.62. The minimum atomic E-state index is 0.147. The van der Waals surface area contributed by atoms with Crippen molar-refractivity contribution in [3.8, 4) is 11.6 Å². The first kappa shape index (κ1) is 18.3. The van der Waals surface area contributed by atoms with Crippen LogP contribution >= 0.6 is 0 Å². The van der Waals surface area contributed by atoms with Gasteiger partial charge in [0.05, 0.1) is 25.1 Å². The van der Waals surface area contributed by atoms with Gasteiger partial charge in [-0.05, 0) is 31.2 Å². The number of anilines is 3. The molecular weight excluding hydrogens is 396 g/mol. The normalized spacial score (nSPS) is 17.6. The van der Waals surface area contributed by atoms with Gasteiger partial charge in [0.25, 0.3) is 0 Å². The molecule has 4 aromatic heterocycles. The van der Waals surface area contributed by atoms with Crippen LogP contribution in [-0.2, 0) is 11.3 Å². The maximum absolute atomic E-state index is 5.97. The van der Waals surface area contributed by atoms with Crippen LogP contribution in [0.25, 0.3) is 17.2 Å². The minimum absolute atomic E-state index is 0.147. The van der Waals surface area contributed by atoms with Crippen LogP contribution in [0.4, 0.5) is 17.5 Å². The molecule has 10 heteroatoms. The molecule has 0 aliphatic carbocycles. The van der Waals surface area contributed by atoms with Crippen LogP contribution in [0.1, 0.15) is 11.5 Å². The Morgan fingerprint density at radius 2 is 2.00 bits per heavy atom. The molecule has 2 saturated heterocycles. The molecule has 31 heavy (non-hydrogen) atoms. The summed E-state index contributed by atoms with van der Waals surface area (Å²) in [5.41, 5.74) is 8.62. The highest BCUT2D eigenvalue weighted by Gasteiger charge is 2.48. The monoisotopic (exact) mass is 418 g/mol. The standard InChI is InChI=1S/C21H22N8O2/c1-13-5-6-16(31-13)19-27-20(22)26-18-15(7-23-29(18)19)25-17-4-2-3-14(24-17)8-28-9-21(10-28)11-30-12-21/h2-7H,8-12H2,1H3,(H2,22,26)(H,24,25). The number of furan rings is 1. The predicted molar refractivity (Wildman–Crippen MR) is 114 cm³/mol. The van der Waals surface area contributed by atoms with Crippen LogP contribution in [0.3, 0.4) is 0 Å². The lowest BCUT2D eigenvalue weighted by Gasteiger charge is -2.55. The maximum atomic E-state index is 5.97. The highest BCUT2D eigenvalue weighted by molar-refractivity contribution is 5.74. The Balaban J connectivity index is 1.25. The van der Waals surface area contributed by atoms with E-state index < -0.39 is 0 Å². The van der Waals surface area contributed by atoms with Gasteiger partial charge >= 0.3 is 0 Å². The second-order valence-corrected chi connectivity index (χ2v) is 8.39. The molecule has 4 aromatic rings. The highest BCUT2D eigenvalue weighted by Crippen LogP contribution is 2.38. The van der Waals surface area contributed by atoms with Gasteiger partial charge in [0.15, 0.2) is 11.4 Å². The second kappa shape index (κ2) is 6.76. The summed E-state index contributed by atoms with van der Waals surface area (Å²) >= 11 is 0. The number of nitrogens with two attached hydrogens (primary N) is 1. The number of nitrogens with zero attached hydrogens (tertiary/aromatic N) is 6. The number of nitrogens with one attached hydrogen (secondary N) is 1. The zero-order chi connectivity index (χ0) is 21.0. The number of hydrogen-bond acceptors (Lipinski definition) is 9. The van der Waals surface area contributed by atoms with Gasteiger partial charge in [0, 0.05) is 25.0 Å². The predicted octanol–water partition coefficient (Wildman–Crippen LogP) is 2.25. The van der Waals surface area contributed by atoms with E-state index in [-0.39, 0.29) is 5.95 Å². The Labute approximate surface area is 178 Å². The third-order valence-electron chi connectivity index (χ3n) is 5.74. The largest absolute Gasteiger partial charge is 0.458 e. The van der Waals surface area contributed by atoms with Crippen molar-refractivity contribution >= 4 is 23.1 Å². The van der Waals surface area contributed by atoms with Gasteiger partial charge < -0.3 is 20.2 Å². The molecule has 0 atom stereocenters. The van der Waals surface area contributed by atoms with Crippen LogP contribution in [0, 0.1) is 12.3 Å². The summed E-state index contributed by atoms with van der Waals surface area (Å²) < 4.78 is 12.7. The molecular formula is C21H22N8O2. The molecule has 3 N–H and O–H groups in total. The van der Waals surface area contributed by atoms with E-state index in [1.54, 1.807) is 10.7 Å². The van der Waals surface area contributed by atoms with Crippen LogP contribution < -0.4 is 11.1 Å². The number of rotatable bonds is 5. The molecule has 2 aliphatic heterocycles. The van der Waals surface area contributed by atoms with E-state index in [9.17, 15) is 0 Å². The number of ether oxygens (including phenoxy) is 1. The van der Waals surface area contributed by atoms with E-state index in [0.29, 0.717) is 28.3 Å². The number of likely N-dealkylation sites (tertiary alicyclic amines) is 1. The van der Waals surface area contributed by atoms with Crippen molar-refractivity contribution in [3.05, 3.63) is 48.0 Å². The first-order valence-corrected chi connectivity index (χ1v) is 10.2. The van der Waals surface area contributed by atoms with E-state index in [4.69, 9.17) is 19.9 Å². The zero-order valence-electron chi connectivity index (χ0n) is 17.1. The smallest absolute Gasteiger partial charge is 0.224 e. The first-order valence-electron chi connectivity index (χ1n) is 10.2. The Morgan fingerprint density at radius 1 is 1.13 bits per heavy atom. The van der Waals surface area contributed by atoms with E-state index in [0.717, 1.165) is 50.1 Å². The molecule has 6 heterocycles. The Bertz CT molecular complexity index is 1270. The lowest BCUT2D eigenvalue weighted by Crippen LogP contribution is -2.65. The summed E-state index contributed by atoms with van der Waals surface area (Å²) in [6, 6.07) is 9.67. The fourth-order valence-corrected chi connectivity index (χ4v) is 4.29. The lowest BCUT2D eigenvalue weighted by atomic mass is 9.78. The third-order valence-corrected chi connectivity index (χ3v) is 5.74. The molecule has 158 valence electrons. The van der Waals surface area contributed by atoms with Gasteiger partial charge in [-0.25, -0.2) is 4.98 Å². The Kier molecular flexibility index (Phi) is 3.99. The maximum Gasteiger partial charge on any atom is 0.224 e. The lowest BCUT2D eigenvalue weighted by molar-refractivity contribution is -0.191. The molecule has 6 rings (SSSR count). The van der Waals surface area contributed by atoms with Gasteiger partial charge in [0.2, 0.25) is 11.8 Å². The minimum Gasteiger partial charge on any atom is -0.458 e. The van der Waals surface area contributed by atoms with Gasteiger partial charge in [-0.1, -0.05) is 6.07 Å². The molecule has 0 aromatic carbocycles. The molecule has 2 fully saturated rings. The average molecular weight is 418 g/mol. The van der Waals surface area contributed by atoms with E-state index in [1.165, 1.54) is 0 Å². The average Bonchev–Trinajstić information content (AvgIpc) is 3.29. The quantitative estimate of drug-likeness (QED) is 0.503. The molecule has 1 spiro atoms. The van der Waals surface area contributed by atoms with Crippen molar-refractivity contribution in [1.82, 2.24) is 29.5 Å². The second-order valence-electron chi connectivity index (χ2n) is 8.39. The number of pyridine rings is 1. The summed E-state index contributed by atoms with van der Waals surface area (Å²) in [4.78, 5) is 15.8. The number of hydrogen-bond donors (Lipinski definition) is 2. The van der Waals surface area contributed by atoms with Gasteiger partial charge in [0.1, 0.15) is 17.3 Å². The van der Waals surface area contributed by atoms with E-state index >= 15 is 0 Å². The van der Waals surface area contributed by atoms with Crippen molar-refractivity contribution in [1.29, 1.82) is 0 Å². The highest BCUT2D eigenvalue weighted by atomic mass is 16.5. The summed E-state index contributed by atoms with van der Waals surface area (Å²) in [6.07, 6.45) is 1.69. The molecule has 0 unspecified atom stereocenters. The topological polar surface area (TPSA) is 120 Å². The number of nitrogen functional groups attached to an aromatic ring is 1. The Hall–Kier alpha value is -3.50. The van der Waals surface area contributed by atoms with Gasteiger partial charge in [-0.2, -0.15) is 19.6 Å². The van der Waals surface area contributed by atoms with Crippen molar-refractivity contribution < 1.29 is 9.15 Å². The van der Waals surface area contributed by atoms with Crippen molar-refractivity contribution in [2.24, 2.45) is 5.41 Å². The van der Waals surface area contributed by atoms with Crippen LogP contribution in [0.15, 0.2) is 40.9 Å². The first-order chi connectivity index (χ1) is 15.1.